The Kier molecular flexibility index (Phi) is 5.96. The van der Waals surface area contributed by atoms with Crippen LogP contribution in [-0.2, 0) is 11.5 Å². The van der Waals surface area contributed by atoms with Crippen LogP contribution in [0, 0.1) is 12.7 Å². The van der Waals surface area contributed by atoms with Gasteiger partial charge in [-0.15, -0.1) is 16.9 Å². The zero-order valence-electron chi connectivity index (χ0n) is 15.8. The molecule has 4 rings (SSSR count). The minimum Gasteiger partial charge on any atom is -0.423 e. The van der Waals surface area contributed by atoms with Crippen LogP contribution in [-0.4, -0.2) is 16.4 Å². The normalized spacial score (nSPS) is 11.6. The van der Waals surface area contributed by atoms with Gasteiger partial charge < -0.3 is 8.83 Å². The monoisotopic (exact) mass is 443 g/mol. The largest absolute Gasteiger partial charge is 0.423 e. The Hall–Kier alpha value is -2.97. The van der Waals surface area contributed by atoms with Crippen molar-refractivity contribution in [1.29, 1.82) is 0 Å². The average Bonchev–Trinajstić information content (AvgIpc) is 3.16. The van der Waals surface area contributed by atoms with Gasteiger partial charge in [-0.05, 0) is 41.8 Å². The van der Waals surface area contributed by atoms with Crippen LogP contribution in [0.15, 0.2) is 61.1 Å². The third-order valence-corrected chi connectivity index (χ3v) is 5.47. The van der Waals surface area contributed by atoms with E-state index in [0.717, 1.165) is 16.5 Å². The lowest BCUT2D eigenvalue weighted by Crippen LogP contribution is -2.00. The van der Waals surface area contributed by atoms with Crippen molar-refractivity contribution in [1.82, 2.24) is 10.2 Å². The first-order valence-electron chi connectivity index (χ1n) is 8.90. The molecule has 0 aliphatic rings. The van der Waals surface area contributed by atoms with Gasteiger partial charge in [0, 0.05) is 23.4 Å². The summed E-state index contributed by atoms with van der Waals surface area (Å²) >= 11 is 7.18. The van der Waals surface area contributed by atoms with Gasteiger partial charge in [-0.3, -0.25) is 0 Å². The van der Waals surface area contributed by atoms with Crippen molar-refractivity contribution in [2.75, 3.05) is 0 Å². The fourth-order valence-electron chi connectivity index (χ4n) is 2.78. The quantitative estimate of drug-likeness (QED) is 0.290. The summed E-state index contributed by atoms with van der Waals surface area (Å²) in [5, 5.41) is 8.76. The summed E-state index contributed by atoms with van der Waals surface area (Å²) in [6.07, 6.45) is 1.42. The molecule has 0 amide bonds. The van der Waals surface area contributed by atoms with Crippen LogP contribution < -0.4 is 5.63 Å². The van der Waals surface area contributed by atoms with Gasteiger partial charge in [-0.25, -0.2) is 14.2 Å². The minimum atomic E-state index is -0.527. The molecule has 0 unspecified atom stereocenters. The van der Waals surface area contributed by atoms with Crippen molar-refractivity contribution in [3.63, 3.8) is 0 Å². The Bertz CT molecular complexity index is 1300. The van der Waals surface area contributed by atoms with Crippen molar-refractivity contribution in [3.8, 4) is 0 Å². The average molecular weight is 444 g/mol. The van der Waals surface area contributed by atoms with Gasteiger partial charge in [0.2, 0.25) is 5.89 Å². The number of aliphatic imine (C=N–C) groups is 1. The van der Waals surface area contributed by atoms with E-state index in [1.807, 2.05) is 25.1 Å². The minimum absolute atomic E-state index is 0.0448. The van der Waals surface area contributed by atoms with Gasteiger partial charge in [-0.1, -0.05) is 34.9 Å². The number of thioether (sulfide) groups is 1. The van der Waals surface area contributed by atoms with Gasteiger partial charge >= 0.3 is 11.6 Å². The molecule has 152 valence electrons. The van der Waals surface area contributed by atoms with Crippen LogP contribution in [0.4, 0.5) is 10.4 Å². The lowest BCUT2D eigenvalue weighted by atomic mass is 10.1. The summed E-state index contributed by atoms with van der Waals surface area (Å²) in [5.74, 6) is 0.903. The van der Waals surface area contributed by atoms with Crippen molar-refractivity contribution in [2.24, 2.45) is 4.99 Å². The van der Waals surface area contributed by atoms with Crippen LogP contribution in [0.25, 0.3) is 11.0 Å². The number of benzene rings is 2. The molecule has 2 heterocycles. The Morgan fingerprint density at radius 1 is 1.13 bits per heavy atom. The SMILES string of the molecule is Cc1ccc2c(CSCc3nnc(/N=C/c4ccc(Cl)c(F)c4)o3)cc(=O)oc2c1. The van der Waals surface area contributed by atoms with Gasteiger partial charge in [0.25, 0.3) is 0 Å². The number of hydrogen-bond donors (Lipinski definition) is 0. The Balaban J connectivity index is 1.40. The molecule has 0 N–H and O–H groups in total. The van der Waals surface area contributed by atoms with E-state index in [0.29, 0.717) is 28.5 Å². The third kappa shape index (κ3) is 4.77. The van der Waals surface area contributed by atoms with Crippen LogP contribution in [0.1, 0.15) is 22.6 Å². The molecule has 0 spiro atoms. The highest BCUT2D eigenvalue weighted by molar-refractivity contribution is 7.97. The molecule has 30 heavy (non-hydrogen) atoms. The summed E-state index contributed by atoms with van der Waals surface area (Å²) in [6, 6.07) is 11.7. The van der Waals surface area contributed by atoms with Crippen molar-refractivity contribution in [3.05, 3.63) is 86.3 Å². The Labute approximate surface area is 179 Å². The highest BCUT2D eigenvalue weighted by atomic mass is 35.5. The van der Waals surface area contributed by atoms with E-state index in [1.165, 1.54) is 36.2 Å². The Morgan fingerprint density at radius 2 is 2.00 bits per heavy atom. The number of nitrogens with zero attached hydrogens (tertiary/aromatic N) is 3. The number of aromatic nitrogens is 2. The second-order valence-corrected chi connectivity index (χ2v) is 7.89. The first-order valence-corrected chi connectivity index (χ1v) is 10.4. The molecule has 4 aromatic rings. The van der Waals surface area contributed by atoms with Crippen LogP contribution in [0.3, 0.4) is 0 Å². The predicted molar refractivity (Wildman–Crippen MR) is 115 cm³/mol. The predicted octanol–water partition coefficient (Wildman–Crippen LogP) is 5.46. The second kappa shape index (κ2) is 8.81. The molecule has 2 aromatic carbocycles. The first-order chi connectivity index (χ1) is 14.5. The molecule has 6 nitrogen and oxygen atoms in total. The van der Waals surface area contributed by atoms with Gasteiger partial charge in [-0.2, -0.15) is 0 Å². The first kappa shape index (κ1) is 20.3. The van der Waals surface area contributed by atoms with E-state index >= 15 is 0 Å². The molecule has 0 saturated heterocycles. The van der Waals surface area contributed by atoms with Crippen molar-refractivity contribution >= 4 is 46.6 Å². The highest BCUT2D eigenvalue weighted by Gasteiger charge is 2.09. The van der Waals surface area contributed by atoms with E-state index in [2.05, 4.69) is 15.2 Å². The molecule has 2 aromatic heterocycles. The second-order valence-electron chi connectivity index (χ2n) is 6.49. The zero-order chi connectivity index (χ0) is 21.1. The van der Waals surface area contributed by atoms with Crippen molar-refractivity contribution in [2.45, 2.75) is 18.4 Å². The van der Waals surface area contributed by atoms with Crippen LogP contribution in [0.2, 0.25) is 5.02 Å². The molecular formula is C21H15ClFN3O3S. The smallest absolute Gasteiger partial charge is 0.342 e. The highest BCUT2D eigenvalue weighted by Crippen LogP contribution is 2.24. The number of fused-ring (bicyclic) bond motifs is 1. The van der Waals surface area contributed by atoms with E-state index in [4.69, 9.17) is 20.4 Å². The molecule has 0 saturated carbocycles. The topological polar surface area (TPSA) is 81.5 Å². The maximum atomic E-state index is 13.5. The van der Waals surface area contributed by atoms with Crippen molar-refractivity contribution < 1.29 is 13.2 Å². The van der Waals surface area contributed by atoms with E-state index in [9.17, 15) is 9.18 Å². The Morgan fingerprint density at radius 3 is 2.83 bits per heavy atom. The zero-order valence-corrected chi connectivity index (χ0v) is 17.3. The molecule has 0 radical (unpaired) electrons. The summed E-state index contributed by atoms with van der Waals surface area (Å²) in [5.41, 5.74) is 2.63. The maximum Gasteiger partial charge on any atom is 0.342 e. The molecule has 0 aliphatic heterocycles. The summed E-state index contributed by atoms with van der Waals surface area (Å²) in [7, 11) is 0. The fourth-order valence-corrected chi connectivity index (χ4v) is 3.75. The number of rotatable bonds is 6. The van der Waals surface area contributed by atoms with Crippen LogP contribution in [0.5, 0.6) is 0 Å². The molecule has 9 heteroatoms. The van der Waals surface area contributed by atoms with Gasteiger partial charge in [0.05, 0.1) is 10.8 Å². The van der Waals surface area contributed by atoms with Gasteiger partial charge in [0.15, 0.2) is 0 Å². The van der Waals surface area contributed by atoms with E-state index in [1.54, 1.807) is 6.07 Å². The standard InChI is InChI=1S/C21H15ClFN3O3S/c1-12-2-4-15-14(8-20(27)28-18(15)6-12)10-30-11-19-25-26-21(29-19)24-9-13-3-5-16(22)17(23)7-13/h2-9H,10-11H2,1H3/b24-9+. The lowest BCUT2D eigenvalue weighted by molar-refractivity contribution is 0.525. The van der Waals surface area contributed by atoms with Crippen LogP contribution >= 0.6 is 23.4 Å². The number of hydrogen-bond acceptors (Lipinski definition) is 7. The number of halogens is 2. The summed E-state index contributed by atoms with van der Waals surface area (Å²) in [4.78, 5) is 15.9. The summed E-state index contributed by atoms with van der Waals surface area (Å²) in [6.45, 7) is 1.94. The molecule has 0 aliphatic carbocycles. The lowest BCUT2D eigenvalue weighted by Gasteiger charge is -2.05. The summed E-state index contributed by atoms with van der Waals surface area (Å²) < 4.78 is 24.2. The van der Waals surface area contributed by atoms with E-state index < -0.39 is 5.82 Å². The molecule has 0 bridgehead atoms. The molecule has 0 fully saturated rings. The third-order valence-electron chi connectivity index (χ3n) is 4.19. The van der Waals surface area contributed by atoms with E-state index in [-0.39, 0.29) is 16.7 Å². The fraction of sp³-hybridized carbons (Fsp3) is 0.143. The molecule has 0 atom stereocenters. The maximum absolute atomic E-state index is 13.5. The molecular weight excluding hydrogens is 429 g/mol. The number of aryl methyl sites for hydroxylation is 1. The van der Waals surface area contributed by atoms with Gasteiger partial charge in [0.1, 0.15) is 11.4 Å².